The van der Waals surface area contributed by atoms with E-state index in [1.165, 1.54) is 18.4 Å². The zero-order valence-corrected chi connectivity index (χ0v) is 10.3. The van der Waals surface area contributed by atoms with Crippen LogP contribution in [0, 0.1) is 5.92 Å². The number of aryl methyl sites for hydroxylation is 1. The van der Waals surface area contributed by atoms with Gasteiger partial charge in [-0.2, -0.15) is 5.10 Å². The van der Waals surface area contributed by atoms with Gasteiger partial charge in [-0.3, -0.25) is 4.68 Å². The van der Waals surface area contributed by atoms with Crippen molar-refractivity contribution < 1.29 is 0 Å². The molecule has 2 unspecified atom stereocenters. The van der Waals surface area contributed by atoms with Gasteiger partial charge < -0.3 is 5.32 Å². The van der Waals surface area contributed by atoms with Gasteiger partial charge >= 0.3 is 0 Å². The Hall–Kier alpha value is -0.830. The van der Waals surface area contributed by atoms with E-state index in [4.69, 9.17) is 0 Å². The van der Waals surface area contributed by atoms with E-state index in [1.807, 2.05) is 25.0 Å². The quantitative estimate of drug-likeness (QED) is 0.776. The highest BCUT2D eigenvalue weighted by Crippen LogP contribution is 2.13. The molecule has 0 bridgehead atoms. The van der Waals surface area contributed by atoms with Crippen molar-refractivity contribution in [3.05, 3.63) is 18.0 Å². The van der Waals surface area contributed by atoms with Crippen molar-refractivity contribution in [3.8, 4) is 0 Å². The molecule has 0 aliphatic heterocycles. The van der Waals surface area contributed by atoms with Crippen LogP contribution in [-0.4, -0.2) is 22.9 Å². The predicted octanol–water partition coefficient (Wildman–Crippen LogP) is 1.99. The van der Waals surface area contributed by atoms with Crippen LogP contribution in [0.5, 0.6) is 0 Å². The first-order valence-electron chi connectivity index (χ1n) is 5.80. The number of likely N-dealkylation sites (N-methyl/N-ethyl adjacent to an activating group) is 1. The highest BCUT2D eigenvalue weighted by Gasteiger charge is 2.11. The van der Waals surface area contributed by atoms with Crippen LogP contribution in [-0.2, 0) is 13.5 Å². The predicted molar refractivity (Wildman–Crippen MR) is 63.8 cm³/mol. The molecule has 1 aromatic heterocycles. The third-order valence-electron chi connectivity index (χ3n) is 3.03. The average molecular weight is 209 g/mol. The molecule has 1 N–H and O–H groups in total. The molecule has 0 amide bonds. The summed E-state index contributed by atoms with van der Waals surface area (Å²) >= 11 is 0. The van der Waals surface area contributed by atoms with E-state index in [0.717, 1.165) is 12.3 Å². The molecule has 1 aromatic rings. The van der Waals surface area contributed by atoms with Crippen LogP contribution >= 0.6 is 0 Å². The van der Waals surface area contributed by atoms with Gasteiger partial charge in [-0.25, -0.2) is 0 Å². The van der Waals surface area contributed by atoms with Gasteiger partial charge in [-0.05, 0) is 31.4 Å². The van der Waals surface area contributed by atoms with E-state index in [-0.39, 0.29) is 0 Å². The summed E-state index contributed by atoms with van der Waals surface area (Å²) in [5, 5.41) is 7.58. The van der Waals surface area contributed by atoms with Crippen molar-refractivity contribution in [1.82, 2.24) is 15.1 Å². The van der Waals surface area contributed by atoms with Gasteiger partial charge in [-0.15, -0.1) is 0 Å². The molecule has 0 fully saturated rings. The van der Waals surface area contributed by atoms with Crippen LogP contribution in [0.2, 0.25) is 0 Å². The Morgan fingerprint density at radius 3 is 2.73 bits per heavy atom. The minimum absolute atomic E-state index is 0.573. The second-order valence-corrected chi connectivity index (χ2v) is 4.46. The van der Waals surface area contributed by atoms with Crippen molar-refractivity contribution in [2.75, 3.05) is 7.05 Å². The van der Waals surface area contributed by atoms with Gasteiger partial charge in [0.2, 0.25) is 0 Å². The molecule has 0 spiro atoms. The Balaban J connectivity index is 2.46. The largest absolute Gasteiger partial charge is 0.317 e. The van der Waals surface area contributed by atoms with E-state index < -0.39 is 0 Å². The van der Waals surface area contributed by atoms with Gasteiger partial charge in [0.1, 0.15) is 0 Å². The molecule has 15 heavy (non-hydrogen) atoms. The van der Waals surface area contributed by atoms with E-state index in [9.17, 15) is 0 Å². The van der Waals surface area contributed by atoms with Crippen LogP contribution in [0.1, 0.15) is 32.3 Å². The number of aromatic nitrogens is 2. The molecule has 1 rings (SSSR count). The Morgan fingerprint density at radius 1 is 1.53 bits per heavy atom. The fourth-order valence-corrected chi connectivity index (χ4v) is 1.82. The Morgan fingerprint density at radius 2 is 2.27 bits per heavy atom. The molecule has 0 radical (unpaired) electrons. The van der Waals surface area contributed by atoms with Crippen LogP contribution in [0.3, 0.4) is 0 Å². The maximum absolute atomic E-state index is 4.19. The highest BCUT2D eigenvalue weighted by molar-refractivity contribution is 5.05. The van der Waals surface area contributed by atoms with Crippen molar-refractivity contribution >= 4 is 0 Å². The summed E-state index contributed by atoms with van der Waals surface area (Å²) in [4.78, 5) is 0. The number of hydrogen-bond donors (Lipinski definition) is 1. The van der Waals surface area contributed by atoms with Crippen LogP contribution < -0.4 is 5.32 Å². The van der Waals surface area contributed by atoms with Gasteiger partial charge in [0, 0.05) is 19.3 Å². The molecule has 1 heterocycles. The fraction of sp³-hybridized carbons (Fsp3) is 0.750. The smallest absolute Gasteiger partial charge is 0.0522 e. The lowest BCUT2D eigenvalue weighted by atomic mass is 9.96. The van der Waals surface area contributed by atoms with E-state index in [0.29, 0.717) is 6.04 Å². The molecule has 0 aliphatic carbocycles. The maximum atomic E-state index is 4.19. The van der Waals surface area contributed by atoms with E-state index >= 15 is 0 Å². The summed E-state index contributed by atoms with van der Waals surface area (Å²) in [7, 11) is 4.01. The first kappa shape index (κ1) is 12.2. The number of rotatable bonds is 6. The van der Waals surface area contributed by atoms with E-state index in [1.54, 1.807) is 0 Å². The van der Waals surface area contributed by atoms with Crippen molar-refractivity contribution in [3.63, 3.8) is 0 Å². The molecule has 86 valence electrons. The average Bonchev–Trinajstić information content (AvgIpc) is 2.62. The van der Waals surface area contributed by atoms with Crippen LogP contribution in [0.15, 0.2) is 12.4 Å². The first-order chi connectivity index (χ1) is 7.15. The summed E-state index contributed by atoms with van der Waals surface area (Å²) in [6, 6.07) is 0.573. The third kappa shape index (κ3) is 4.04. The number of nitrogens with zero attached hydrogens (tertiary/aromatic N) is 2. The summed E-state index contributed by atoms with van der Waals surface area (Å²) in [6.07, 6.45) is 7.63. The molecule has 0 aliphatic rings. The minimum atomic E-state index is 0.573. The lowest BCUT2D eigenvalue weighted by Crippen LogP contribution is -2.29. The van der Waals surface area contributed by atoms with Gasteiger partial charge in [0.25, 0.3) is 0 Å². The zero-order valence-electron chi connectivity index (χ0n) is 10.3. The van der Waals surface area contributed by atoms with Gasteiger partial charge in [0.05, 0.1) is 6.20 Å². The lowest BCUT2D eigenvalue weighted by Gasteiger charge is -2.18. The Bertz CT molecular complexity index is 280. The second-order valence-electron chi connectivity index (χ2n) is 4.46. The molecule has 0 aromatic carbocycles. The monoisotopic (exact) mass is 209 g/mol. The third-order valence-corrected chi connectivity index (χ3v) is 3.03. The number of nitrogens with one attached hydrogen (secondary N) is 1. The minimum Gasteiger partial charge on any atom is -0.317 e. The molecule has 0 saturated heterocycles. The second kappa shape index (κ2) is 5.91. The van der Waals surface area contributed by atoms with Crippen LogP contribution in [0.4, 0.5) is 0 Å². The molecule has 2 atom stereocenters. The van der Waals surface area contributed by atoms with Crippen LogP contribution in [0.25, 0.3) is 0 Å². The normalized spacial score (nSPS) is 15.2. The fourth-order valence-electron chi connectivity index (χ4n) is 1.82. The molecule has 3 heteroatoms. The topological polar surface area (TPSA) is 29.9 Å². The van der Waals surface area contributed by atoms with Crippen molar-refractivity contribution in [2.24, 2.45) is 13.0 Å². The molecular formula is C12H23N3. The SMILES string of the molecule is CCC(C)CC(Cc1cnn(C)c1)NC. The highest BCUT2D eigenvalue weighted by atomic mass is 15.2. The Labute approximate surface area is 92.9 Å². The Kier molecular flexibility index (Phi) is 4.82. The van der Waals surface area contributed by atoms with E-state index in [2.05, 4.69) is 30.5 Å². The standard InChI is InChI=1S/C12H23N3/c1-5-10(2)6-12(13-3)7-11-8-14-15(4)9-11/h8-10,12-13H,5-7H2,1-4H3. The van der Waals surface area contributed by atoms with Crippen molar-refractivity contribution in [1.29, 1.82) is 0 Å². The molecular weight excluding hydrogens is 186 g/mol. The lowest BCUT2D eigenvalue weighted by molar-refractivity contribution is 0.410. The van der Waals surface area contributed by atoms with Gasteiger partial charge in [0.15, 0.2) is 0 Å². The summed E-state index contributed by atoms with van der Waals surface area (Å²) < 4.78 is 1.87. The number of hydrogen-bond acceptors (Lipinski definition) is 2. The first-order valence-corrected chi connectivity index (χ1v) is 5.80. The molecule has 3 nitrogen and oxygen atoms in total. The summed E-state index contributed by atoms with van der Waals surface area (Å²) in [5.41, 5.74) is 1.32. The summed E-state index contributed by atoms with van der Waals surface area (Å²) in [5.74, 6) is 0.791. The molecule has 0 saturated carbocycles. The van der Waals surface area contributed by atoms with Crippen molar-refractivity contribution in [2.45, 2.75) is 39.2 Å². The zero-order chi connectivity index (χ0) is 11.3. The summed E-state index contributed by atoms with van der Waals surface area (Å²) in [6.45, 7) is 4.56. The van der Waals surface area contributed by atoms with Gasteiger partial charge in [-0.1, -0.05) is 20.3 Å². The maximum Gasteiger partial charge on any atom is 0.0522 e.